The standard InChI is InChI=1S/C10H20ClN4/c11-3-1-2-4-15-8-12-5-13(9-15)7-14(6-12)10-15/h1-10H2/q+1. The molecule has 0 radical (unpaired) electrons. The third-order valence-corrected chi connectivity index (χ3v) is 3.98. The number of hydrogen-bond acceptors (Lipinski definition) is 3. The van der Waals surface area contributed by atoms with Crippen LogP contribution in [0, 0.1) is 0 Å². The molecule has 0 aromatic rings. The summed E-state index contributed by atoms with van der Waals surface area (Å²) in [6.07, 6.45) is 2.45. The van der Waals surface area contributed by atoms with Crippen LogP contribution in [-0.4, -0.2) is 71.6 Å². The molecule has 4 saturated heterocycles. The molecule has 0 aromatic carbocycles. The van der Waals surface area contributed by atoms with E-state index in [0.717, 1.165) is 5.88 Å². The van der Waals surface area contributed by atoms with E-state index in [2.05, 4.69) is 14.7 Å². The number of hydrogen-bond donors (Lipinski definition) is 0. The van der Waals surface area contributed by atoms with Crippen molar-refractivity contribution in [3.05, 3.63) is 0 Å². The highest BCUT2D eigenvalue weighted by atomic mass is 35.5. The van der Waals surface area contributed by atoms with E-state index in [1.165, 1.54) is 63.9 Å². The quantitative estimate of drug-likeness (QED) is 0.397. The minimum atomic E-state index is 0.817. The number of alkyl halides is 1. The van der Waals surface area contributed by atoms with E-state index >= 15 is 0 Å². The second-order valence-electron chi connectivity index (χ2n) is 5.32. The second-order valence-corrected chi connectivity index (χ2v) is 5.70. The summed E-state index contributed by atoms with van der Waals surface area (Å²) in [6.45, 7) is 8.64. The number of rotatable bonds is 4. The third-order valence-electron chi connectivity index (χ3n) is 3.72. The lowest BCUT2D eigenvalue weighted by Crippen LogP contribution is -2.79. The second kappa shape index (κ2) is 3.86. The van der Waals surface area contributed by atoms with Gasteiger partial charge in [-0.05, 0) is 12.8 Å². The largest absolute Gasteiger partial charge is 0.286 e. The Morgan fingerprint density at radius 1 is 0.867 bits per heavy atom. The number of halogens is 1. The molecule has 4 nitrogen and oxygen atoms in total. The molecule has 0 unspecified atom stereocenters. The maximum Gasteiger partial charge on any atom is 0.139 e. The van der Waals surface area contributed by atoms with Gasteiger partial charge in [0.05, 0.1) is 26.6 Å². The Bertz CT molecular complexity index is 210. The fourth-order valence-corrected chi connectivity index (χ4v) is 3.60. The van der Waals surface area contributed by atoms with Crippen molar-refractivity contribution in [1.82, 2.24) is 14.7 Å². The summed E-state index contributed by atoms with van der Waals surface area (Å²) in [5.41, 5.74) is 0. The first-order valence-electron chi connectivity index (χ1n) is 5.88. The van der Waals surface area contributed by atoms with Crippen molar-refractivity contribution in [2.24, 2.45) is 0 Å². The van der Waals surface area contributed by atoms with Gasteiger partial charge >= 0.3 is 0 Å². The molecule has 4 fully saturated rings. The molecule has 4 bridgehead atoms. The maximum absolute atomic E-state index is 5.75. The SMILES string of the molecule is ClCCCC[N+]12CN3CN(CN(C3)C1)C2. The van der Waals surface area contributed by atoms with Gasteiger partial charge in [-0.2, -0.15) is 0 Å². The van der Waals surface area contributed by atoms with Crippen molar-refractivity contribution in [2.45, 2.75) is 12.8 Å². The van der Waals surface area contributed by atoms with E-state index in [-0.39, 0.29) is 0 Å². The van der Waals surface area contributed by atoms with Crippen molar-refractivity contribution in [3.8, 4) is 0 Å². The summed E-state index contributed by atoms with van der Waals surface area (Å²) in [4.78, 5) is 7.70. The fourth-order valence-electron chi connectivity index (χ4n) is 3.41. The first kappa shape index (κ1) is 10.3. The van der Waals surface area contributed by atoms with Gasteiger partial charge in [0.25, 0.3) is 0 Å². The van der Waals surface area contributed by atoms with Gasteiger partial charge in [-0.25, -0.2) is 14.7 Å². The Kier molecular flexibility index (Phi) is 2.65. The summed E-state index contributed by atoms with van der Waals surface area (Å²) >= 11 is 5.75. The normalized spacial score (nSPS) is 47.4. The van der Waals surface area contributed by atoms with Gasteiger partial charge in [0.15, 0.2) is 0 Å². The van der Waals surface area contributed by atoms with E-state index in [4.69, 9.17) is 11.6 Å². The van der Waals surface area contributed by atoms with Crippen molar-refractivity contribution >= 4 is 11.6 Å². The summed E-state index contributed by atoms with van der Waals surface area (Å²) in [7, 11) is 0. The smallest absolute Gasteiger partial charge is 0.139 e. The van der Waals surface area contributed by atoms with Gasteiger partial charge in [0, 0.05) is 5.88 Å². The molecular formula is C10H20ClN4+. The highest BCUT2D eigenvalue weighted by molar-refractivity contribution is 6.17. The van der Waals surface area contributed by atoms with Crippen molar-refractivity contribution < 1.29 is 4.48 Å². The summed E-state index contributed by atoms with van der Waals surface area (Å²) in [5.74, 6) is 0.817. The Hall–Kier alpha value is 0.130. The summed E-state index contributed by atoms with van der Waals surface area (Å²) < 4.78 is 1.26. The maximum atomic E-state index is 5.75. The van der Waals surface area contributed by atoms with Crippen LogP contribution in [-0.2, 0) is 0 Å². The predicted molar refractivity (Wildman–Crippen MR) is 59.8 cm³/mol. The molecule has 4 aliphatic rings. The van der Waals surface area contributed by atoms with Crippen LogP contribution in [0.4, 0.5) is 0 Å². The number of quaternary nitrogens is 1. The first-order valence-corrected chi connectivity index (χ1v) is 6.41. The van der Waals surface area contributed by atoms with Gasteiger partial charge in [-0.15, -0.1) is 11.6 Å². The van der Waals surface area contributed by atoms with Gasteiger partial charge in [0.2, 0.25) is 0 Å². The molecule has 86 valence electrons. The zero-order valence-electron chi connectivity index (χ0n) is 9.24. The fraction of sp³-hybridized carbons (Fsp3) is 1.00. The molecule has 0 saturated carbocycles. The van der Waals surface area contributed by atoms with E-state index in [0.29, 0.717) is 0 Å². The van der Waals surface area contributed by atoms with Crippen LogP contribution < -0.4 is 0 Å². The molecule has 0 amide bonds. The molecule has 15 heavy (non-hydrogen) atoms. The molecular weight excluding hydrogens is 212 g/mol. The zero-order valence-corrected chi connectivity index (χ0v) is 9.99. The first-order chi connectivity index (χ1) is 7.30. The van der Waals surface area contributed by atoms with Crippen LogP contribution >= 0.6 is 11.6 Å². The van der Waals surface area contributed by atoms with E-state index in [1.807, 2.05) is 0 Å². The van der Waals surface area contributed by atoms with Crippen molar-refractivity contribution in [2.75, 3.05) is 52.4 Å². The van der Waals surface area contributed by atoms with Crippen molar-refractivity contribution in [3.63, 3.8) is 0 Å². The molecule has 4 heterocycles. The Labute approximate surface area is 96.6 Å². The van der Waals surface area contributed by atoms with E-state index in [1.54, 1.807) is 0 Å². The Balaban J connectivity index is 1.65. The van der Waals surface area contributed by atoms with E-state index in [9.17, 15) is 0 Å². The molecule has 4 rings (SSSR count). The Morgan fingerprint density at radius 2 is 1.40 bits per heavy atom. The third kappa shape index (κ3) is 1.89. The highest BCUT2D eigenvalue weighted by Crippen LogP contribution is 2.28. The van der Waals surface area contributed by atoms with Crippen LogP contribution in [0.5, 0.6) is 0 Å². The molecule has 0 aliphatic carbocycles. The van der Waals surface area contributed by atoms with Crippen LogP contribution in [0.1, 0.15) is 12.8 Å². The van der Waals surface area contributed by atoms with Gasteiger partial charge in [-0.3, -0.25) is 4.48 Å². The van der Waals surface area contributed by atoms with Gasteiger partial charge in [0.1, 0.15) is 20.0 Å². The summed E-state index contributed by atoms with van der Waals surface area (Å²) in [5, 5.41) is 0. The molecule has 0 atom stereocenters. The highest BCUT2D eigenvalue weighted by Gasteiger charge is 2.47. The zero-order chi connectivity index (χ0) is 10.3. The number of unbranched alkanes of at least 4 members (excludes halogenated alkanes) is 1. The Morgan fingerprint density at radius 3 is 1.87 bits per heavy atom. The molecule has 0 aromatic heterocycles. The molecule has 4 aliphatic heterocycles. The van der Waals surface area contributed by atoms with Gasteiger partial charge in [-0.1, -0.05) is 0 Å². The lowest BCUT2D eigenvalue weighted by molar-refractivity contribution is -0.980. The van der Waals surface area contributed by atoms with Crippen molar-refractivity contribution in [1.29, 1.82) is 0 Å². The lowest BCUT2D eigenvalue weighted by atomic mass is 10.2. The minimum Gasteiger partial charge on any atom is -0.286 e. The minimum absolute atomic E-state index is 0.817. The lowest BCUT2D eigenvalue weighted by Gasteiger charge is -2.60. The average Bonchev–Trinajstić information content (AvgIpc) is 2.15. The van der Waals surface area contributed by atoms with E-state index < -0.39 is 0 Å². The molecule has 0 N–H and O–H groups in total. The van der Waals surface area contributed by atoms with Crippen LogP contribution in [0.25, 0.3) is 0 Å². The average molecular weight is 232 g/mol. The van der Waals surface area contributed by atoms with Crippen LogP contribution in [0.2, 0.25) is 0 Å². The topological polar surface area (TPSA) is 9.72 Å². The van der Waals surface area contributed by atoms with Crippen LogP contribution in [0.3, 0.4) is 0 Å². The molecule has 5 heteroatoms. The number of nitrogens with zero attached hydrogens (tertiary/aromatic N) is 4. The predicted octanol–water partition coefficient (Wildman–Crippen LogP) is 0.514. The van der Waals surface area contributed by atoms with Crippen LogP contribution in [0.15, 0.2) is 0 Å². The molecule has 0 spiro atoms. The summed E-state index contributed by atoms with van der Waals surface area (Å²) in [6, 6.07) is 0. The monoisotopic (exact) mass is 231 g/mol. The van der Waals surface area contributed by atoms with Gasteiger partial charge < -0.3 is 0 Å².